The zero-order valence-corrected chi connectivity index (χ0v) is 8.87. The predicted molar refractivity (Wildman–Crippen MR) is 47.8 cm³/mol. The molecular weight excluding hydrogens is 243 g/mol. The van der Waals surface area contributed by atoms with Gasteiger partial charge in [-0.15, -0.1) is 0 Å². The van der Waals surface area contributed by atoms with E-state index in [4.69, 9.17) is 5.11 Å². The first-order valence-electron chi connectivity index (χ1n) is 4.78. The molecule has 1 rings (SSSR count). The third-order valence-electron chi connectivity index (χ3n) is 2.70. The number of hydrogen-bond acceptors (Lipinski definition) is 3. The Hall–Kier alpha value is -1.60. The van der Waals surface area contributed by atoms with Crippen LogP contribution in [0.4, 0.5) is 13.2 Å². The molecule has 1 saturated heterocycles. The Bertz CT molecular complexity index is 363. The van der Waals surface area contributed by atoms with E-state index >= 15 is 0 Å². The molecule has 1 atom stereocenters. The normalized spacial score (nSPS) is 21.3. The van der Waals surface area contributed by atoms with Crippen molar-refractivity contribution in [2.45, 2.75) is 37.9 Å². The molecule has 1 heterocycles. The summed E-state index contributed by atoms with van der Waals surface area (Å²) < 4.78 is 38.3. The molecule has 17 heavy (non-hydrogen) atoms. The molecular formula is C9H10F3NO4. The van der Waals surface area contributed by atoms with Crippen molar-refractivity contribution < 1.29 is 32.7 Å². The topological polar surface area (TPSA) is 74.7 Å². The largest absolute Gasteiger partial charge is 0.479 e. The molecule has 1 N–H and O–H groups in total. The summed E-state index contributed by atoms with van der Waals surface area (Å²) in [4.78, 5) is 33.3. The summed E-state index contributed by atoms with van der Waals surface area (Å²) in [6.45, 7) is 0.316. The van der Waals surface area contributed by atoms with Gasteiger partial charge in [0, 0.05) is 12.8 Å². The summed E-state index contributed by atoms with van der Waals surface area (Å²) in [7, 11) is 0. The van der Waals surface area contributed by atoms with E-state index in [1.54, 1.807) is 0 Å². The van der Waals surface area contributed by atoms with Gasteiger partial charge < -0.3 is 5.11 Å². The minimum absolute atomic E-state index is 0.141. The molecule has 0 radical (unpaired) electrons. The molecule has 0 spiro atoms. The number of halogens is 3. The highest BCUT2D eigenvalue weighted by molar-refractivity contribution is 6.02. The standard InChI is InChI=1S/C9H10F3NO4/c1-8(7(16)17,9(10,11)12)13-5(14)3-2-4-6(13)15/h2-4H2,1H3,(H,16,17). The fraction of sp³-hybridized carbons (Fsp3) is 0.667. The van der Waals surface area contributed by atoms with Gasteiger partial charge in [0.2, 0.25) is 17.4 Å². The van der Waals surface area contributed by atoms with Gasteiger partial charge in [0.25, 0.3) is 0 Å². The summed E-state index contributed by atoms with van der Waals surface area (Å²) in [5, 5.41) is 8.69. The van der Waals surface area contributed by atoms with Gasteiger partial charge in [0.15, 0.2) is 0 Å². The van der Waals surface area contributed by atoms with Crippen molar-refractivity contribution in [1.82, 2.24) is 4.90 Å². The summed E-state index contributed by atoms with van der Waals surface area (Å²) in [6.07, 6.45) is -5.60. The van der Waals surface area contributed by atoms with Gasteiger partial charge in [0.05, 0.1) is 0 Å². The molecule has 0 bridgehead atoms. The fourth-order valence-electron chi connectivity index (χ4n) is 1.60. The third-order valence-corrected chi connectivity index (χ3v) is 2.70. The zero-order valence-electron chi connectivity index (χ0n) is 8.87. The number of aliphatic carboxylic acids is 1. The smallest absolute Gasteiger partial charge is 0.422 e. The number of alkyl halides is 3. The van der Waals surface area contributed by atoms with Crippen LogP contribution < -0.4 is 0 Å². The molecule has 0 aromatic heterocycles. The van der Waals surface area contributed by atoms with E-state index in [0.29, 0.717) is 6.92 Å². The highest BCUT2D eigenvalue weighted by Gasteiger charge is 2.64. The molecule has 1 unspecified atom stereocenters. The molecule has 2 amide bonds. The van der Waals surface area contributed by atoms with Crippen LogP contribution in [-0.2, 0) is 14.4 Å². The van der Waals surface area contributed by atoms with Crippen LogP contribution in [0.1, 0.15) is 26.2 Å². The maximum atomic E-state index is 12.8. The number of rotatable bonds is 2. The first kappa shape index (κ1) is 13.5. The van der Waals surface area contributed by atoms with Crippen LogP contribution in [0.15, 0.2) is 0 Å². The van der Waals surface area contributed by atoms with Crippen LogP contribution in [0.25, 0.3) is 0 Å². The first-order valence-corrected chi connectivity index (χ1v) is 4.78. The Morgan fingerprint density at radius 1 is 1.24 bits per heavy atom. The molecule has 1 aliphatic heterocycles. The van der Waals surface area contributed by atoms with Gasteiger partial charge in [-0.1, -0.05) is 0 Å². The van der Waals surface area contributed by atoms with Crippen molar-refractivity contribution in [2.24, 2.45) is 0 Å². The Kier molecular flexibility index (Phi) is 3.17. The molecule has 96 valence electrons. The molecule has 0 aromatic rings. The lowest BCUT2D eigenvalue weighted by Gasteiger charge is -2.39. The van der Waals surface area contributed by atoms with Crippen LogP contribution in [0.5, 0.6) is 0 Å². The molecule has 0 aliphatic carbocycles. The van der Waals surface area contributed by atoms with Gasteiger partial charge in [-0.3, -0.25) is 14.5 Å². The SMILES string of the molecule is CC(C(=O)O)(N1C(=O)CCCC1=O)C(F)(F)F. The van der Waals surface area contributed by atoms with Crippen molar-refractivity contribution in [3.63, 3.8) is 0 Å². The summed E-state index contributed by atoms with van der Waals surface area (Å²) in [6, 6.07) is 0. The monoisotopic (exact) mass is 253 g/mol. The van der Waals surface area contributed by atoms with Gasteiger partial charge in [-0.05, 0) is 13.3 Å². The molecule has 1 fully saturated rings. The second-order valence-corrected chi connectivity index (χ2v) is 3.85. The highest BCUT2D eigenvalue weighted by Crippen LogP contribution is 2.38. The molecule has 1 aliphatic rings. The molecule has 0 aromatic carbocycles. The molecule has 0 saturated carbocycles. The fourth-order valence-corrected chi connectivity index (χ4v) is 1.60. The highest BCUT2D eigenvalue weighted by atomic mass is 19.4. The third kappa shape index (κ3) is 1.98. The van der Waals surface area contributed by atoms with Crippen molar-refractivity contribution in [2.75, 3.05) is 0 Å². The Balaban J connectivity index is 3.28. The zero-order chi connectivity index (χ0) is 13.4. The maximum Gasteiger partial charge on any atom is 0.422 e. The number of carboxylic acid groups (broad SMARTS) is 1. The number of piperidine rings is 1. The summed E-state index contributed by atoms with van der Waals surface area (Å²) in [5.74, 6) is -4.49. The van der Waals surface area contributed by atoms with Crippen LogP contribution >= 0.6 is 0 Å². The lowest BCUT2D eigenvalue weighted by molar-refractivity contribution is -0.233. The summed E-state index contributed by atoms with van der Waals surface area (Å²) >= 11 is 0. The Morgan fingerprint density at radius 2 is 1.65 bits per heavy atom. The number of hydrogen-bond donors (Lipinski definition) is 1. The van der Waals surface area contributed by atoms with Crippen molar-refractivity contribution >= 4 is 17.8 Å². The van der Waals surface area contributed by atoms with E-state index in [9.17, 15) is 27.6 Å². The van der Waals surface area contributed by atoms with E-state index in [1.807, 2.05) is 0 Å². The average Bonchev–Trinajstić information content (AvgIpc) is 2.14. The van der Waals surface area contributed by atoms with Gasteiger partial charge >= 0.3 is 12.1 Å². The van der Waals surface area contributed by atoms with Gasteiger partial charge in [0.1, 0.15) is 0 Å². The van der Waals surface area contributed by atoms with E-state index in [1.165, 1.54) is 0 Å². The number of carbonyl (C=O) groups excluding carboxylic acids is 2. The van der Waals surface area contributed by atoms with Crippen molar-refractivity contribution in [3.05, 3.63) is 0 Å². The molecule has 8 heteroatoms. The number of carbonyl (C=O) groups is 3. The average molecular weight is 253 g/mol. The van der Waals surface area contributed by atoms with Crippen molar-refractivity contribution in [1.29, 1.82) is 0 Å². The quantitative estimate of drug-likeness (QED) is 0.743. The Morgan fingerprint density at radius 3 is 1.94 bits per heavy atom. The van der Waals surface area contributed by atoms with Gasteiger partial charge in [-0.25, -0.2) is 4.79 Å². The van der Waals surface area contributed by atoms with E-state index in [0.717, 1.165) is 0 Å². The van der Waals surface area contributed by atoms with Crippen LogP contribution in [0, 0.1) is 0 Å². The Labute approximate surface area is 94.2 Å². The van der Waals surface area contributed by atoms with Gasteiger partial charge in [-0.2, -0.15) is 13.2 Å². The lowest BCUT2D eigenvalue weighted by atomic mass is 9.95. The lowest BCUT2D eigenvalue weighted by Crippen LogP contribution is -2.66. The number of likely N-dealkylation sites (tertiary alicyclic amines) is 1. The number of amides is 2. The van der Waals surface area contributed by atoms with Crippen LogP contribution in [0.2, 0.25) is 0 Å². The molecule has 5 nitrogen and oxygen atoms in total. The minimum atomic E-state index is -5.22. The number of carboxylic acids is 1. The van der Waals surface area contributed by atoms with E-state index in [-0.39, 0.29) is 24.2 Å². The number of imide groups is 1. The maximum absolute atomic E-state index is 12.8. The van der Waals surface area contributed by atoms with Crippen LogP contribution in [-0.4, -0.2) is 39.5 Å². The van der Waals surface area contributed by atoms with Crippen LogP contribution in [0.3, 0.4) is 0 Å². The number of nitrogens with zero attached hydrogens (tertiary/aromatic N) is 1. The van der Waals surface area contributed by atoms with E-state index < -0.39 is 29.5 Å². The minimum Gasteiger partial charge on any atom is -0.479 e. The second kappa shape index (κ2) is 4.01. The van der Waals surface area contributed by atoms with E-state index in [2.05, 4.69) is 0 Å². The second-order valence-electron chi connectivity index (χ2n) is 3.85. The van der Waals surface area contributed by atoms with Crippen molar-refractivity contribution in [3.8, 4) is 0 Å². The first-order chi connectivity index (χ1) is 7.62. The predicted octanol–water partition coefficient (Wildman–Crippen LogP) is 0.931. The summed E-state index contributed by atoms with van der Waals surface area (Å²) in [5.41, 5.74) is -3.50.